The summed E-state index contributed by atoms with van der Waals surface area (Å²) in [7, 11) is 1.53. The van der Waals surface area contributed by atoms with E-state index in [0.29, 0.717) is 28.2 Å². The van der Waals surface area contributed by atoms with E-state index in [1.807, 2.05) is 24.3 Å². The second-order valence-electron chi connectivity index (χ2n) is 6.32. The van der Waals surface area contributed by atoms with Gasteiger partial charge in [-0.25, -0.2) is 0 Å². The number of hydrogen-bond acceptors (Lipinski definition) is 5. The molecule has 7 nitrogen and oxygen atoms in total. The number of methoxy groups -OCH3 is 1. The van der Waals surface area contributed by atoms with Gasteiger partial charge in [0.25, 0.3) is 0 Å². The molecule has 1 N–H and O–H groups in total. The average molecular weight is 386 g/mol. The Morgan fingerprint density at radius 3 is 2.59 bits per heavy atom. The van der Waals surface area contributed by atoms with E-state index in [1.165, 1.54) is 17.5 Å². The molecule has 140 valence electrons. The van der Waals surface area contributed by atoms with Crippen LogP contribution in [-0.2, 0) is 11.3 Å². The fraction of sp³-hybridized carbons (Fsp3) is 0.263. The third-order valence-electron chi connectivity index (χ3n) is 4.01. The molecule has 0 bridgehead atoms. The quantitative estimate of drug-likeness (QED) is 0.698. The number of benzene rings is 2. The molecule has 0 aliphatic heterocycles. The monoisotopic (exact) mass is 385 g/mol. The Morgan fingerprint density at radius 2 is 1.96 bits per heavy atom. The largest absolute Gasteiger partial charge is 0.495 e. The highest BCUT2D eigenvalue weighted by Gasteiger charge is 2.11. The van der Waals surface area contributed by atoms with E-state index >= 15 is 0 Å². The maximum Gasteiger partial charge on any atom is 0.248 e. The Morgan fingerprint density at radius 1 is 1.22 bits per heavy atom. The first-order valence-corrected chi connectivity index (χ1v) is 8.85. The van der Waals surface area contributed by atoms with E-state index in [2.05, 4.69) is 34.6 Å². The Hall–Kier alpha value is -2.93. The van der Waals surface area contributed by atoms with Crippen molar-refractivity contribution in [1.29, 1.82) is 0 Å². The SMILES string of the molecule is COc1ccc(NC(=O)Cn2nnc(-c3ccc(C(C)C)cc3)n2)cc1Cl. The van der Waals surface area contributed by atoms with Crippen LogP contribution in [0.1, 0.15) is 25.3 Å². The van der Waals surface area contributed by atoms with E-state index in [1.54, 1.807) is 18.2 Å². The Balaban J connectivity index is 1.64. The Kier molecular flexibility index (Phi) is 5.71. The highest BCUT2D eigenvalue weighted by Crippen LogP contribution is 2.27. The standard InChI is InChI=1S/C19H20ClN5O2/c1-12(2)13-4-6-14(7-5-13)19-22-24-25(23-19)11-18(26)21-15-8-9-17(27-3)16(20)10-15/h4-10,12H,11H2,1-3H3,(H,21,26). The molecule has 27 heavy (non-hydrogen) atoms. The van der Waals surface area contributed by atoms with E-state index in [-0.39, 0.29) is 12.5 Å². The minimum absolute atomic E-state index is 0.0548. The number of nitrogens with zero attached hydrogens (tertiary/aromatic N) is 4. The summed E-state index contributed by atoms with van der Waals surface area (Å²) in [5.41, 5.74) is 2.66. The van der Waals surface area contributed by atoms with Crippen LogP contribution in [0.15, 0.2) is 42.5 Å². The molecule has 0 saturated heterocycles. The molecule has 1 aromatic heterocycles. The second-order valence-corrected chi connectivity index (χ2v) is 6.72. The molecule has 0 saturated carbocycles. The highest BCUT2D eigenvalue weighted by atomic mass is 35.5. The first-order valence-electron chi connectivity index (χ1n) is 8.48. The van der Waals surface area contributed by atoms with Crippen LogP contribution in [0.4, 0.5) is 5.69 Å². The number of tetrazole rings is 1. The minimum atomic E-state index is -0.282. The molecule has 2 aromatic carbocycles. The first-order chi connectivity index (χ1) is 13.0. The smallest absolute Gasteiger partial charge is 0.248 e. The summed E-state index contributed by atoms with van der Waals surface area (Å²) in [6.07, 6.45) is 0. The molecule has 3 rings (SSSR count). The molecular formula is C19H20ClN5O2. The third kappa shape index (κ3) is 4.62. The number of aromatic nitrogens is 4. The summed E-state index contributed by atoms with van der Waals surface area (Å²) in [5.74, 6) is 1.19. The van der Waals surface area contributed by atoms with Crippen molar-refractivity contribution in [3.05, 3.63) is 53.1 Å². The molecule has 1 amide bonds. The van der Waals surface area contributed by atoms with Crippen LogP contribution in [0, 0.1) is 0 Å². The summed E-state index contributed by atoms with van der Waals surface area (Å²) < 4.78 is 5.09. The van der Waals surface area contributed by atoms with Crippen molar-refractivity contribution in [3.8, 4) is 17.1 Å². The van der Waals surface area contributed by atoms with Crippen molar-refractivity contribution in [2.24, 2.45) is 0 Å². The van der Waals surface area contributed by atoms with Gasteiger partial charge in [-0.1, -0.05) is 49.7 Å². The van der Waals surface area contributed by atoms with Gasteiger partial charge in [0.1, 0.15) is 12.3 Å². The molecule has 0 atom stereocenters. The van der Waals surface area contributed by atoms with Gasteiger partial charge in [0.05, 0.1) is 12.1 Å². The van der Waals surface area contributed by atoms with Crippen molar-refractivity contribution in [2.45, 2.75) is 26.3 Å². The molecule has 0 aliphatic rings. The van der Waals surface area contributed by atoms with Crippen molar-refractivity contribution in [2.75, 3.05) is 12.4 Å². The predicted octanol–water partition coefficient (Wildman–Crippen LogP) is 3.76. The first kappa shape index (κ1) is 18.8. The molecular weight excluding hydrogens is 366 g/mol. The number of anilines is 1. The average Bonchev–Trinajstić information content (AvgIpc) is 3.10. The van der Waals surface area contributed by atoms with Gasteiger partial charge in [0, 0.05) is 11.3 Å². The van der Waals surface area contributed by atoms with Crippen LogP contribution >= 0.6 is 11.6 Å². The van der Waals surface area contributed by atoms with Gasteiger partial charge in [-0.15, -0.1) is 10.2 Å². The minimum Gasteiger partial charge on any atom is -0.495 e. The Labute approximate surface area is 162 Å². The van der Waals surface area contributed by atoms with Crippen LogP contribution in [0.5, 0.6) is 5.75 Å². The maximum absolute atomic E-state index is 12.2. The van der Waals surface area contributed by atoms with E-state index < -0.39 is 0 Å². The molecule has 3 aromatic rings. The van der Waals surface area contributed by atoms with Gasteiger partial charge in [0.15, 0.2) is 0 Å². The normalized spacial score (nSPS) is 10.9. The summed E-state index contributed by atoms with van der Waals surface area (Å²) >= 11 is 6.06. The van der Waals surface area contributed by atoms with Crippen LogP contribution in [0.3, 0.4) is 0 Å². The summed E-state index contributed by atoms with van der Waals surface area (Å²) in [4.78, 5) is 13.5. The topological polar surface area (TPSA) is 81.9 Å². The van der Waals surface area contributed by atoms with Gasteiger partial charge in [-0.2, -0.15) is 4.80 Å². The molecule has 0 unspecified atom stereocenters. The lowest BCUT2D eigenvalue weighted by atomic mass is 10.0. The van der Waals surface area contributed by atoms with E-state index in [4.69, 9.17) is 16.3 Å². The highest BCUT2D eigenvalue weighted by molar-refractivity contribution is 6.32. The number of halogens is 1. The zero-order valence-electron chi connectivity index (χ0n) is 15.3. The number of carbonyl (C=O) groups is 1. The van der Waals surface area contributed by atoms with Crippen LogP contribution in [0.2, 0.25) is 5.02 Å². The summed E-state index contributed by atoms with van der Waals surface area (Å²) in [5, 5.41) is 15.4. The molecule has 0 spiro atoms. The molecule has 0 aliphatic carbocycles. The number of nitrogens with one attached hydrogen (secondary N) is 1. The lowest BCUT2D eigenvalue weighted by molar-refractivity contribution is -0.117. The lowest BCUT2D eigenvalue weighted by Crippen LogP contribution is -2.20. The molecule has 8 heteroatoms. The van der Waals surface area contributed by atoms with Gasteiger partial charge >= 0.3 is 0 Å². The molecule has 0 fully saturated rings. The Bertz CT molecular complexity index is 938. The van der Waals surface area contributed by atoms with Crippen molar-refractivity contribution in [1.82, 2.24) is 20.2 Å². The van der Waals surface area contributed by atoms with Crippen LogP contribution < -0.4 is 10.1 Å². The number of amides is 1. The molecule has 1 heterocycles. The zero-order valence-corrected chi connectivity index (χ0v) is 16.1. The summed E-state index contributed by atoms with van der Waals surface area (Å²) in [6, 6.07) is 13.0. The lowest BCUT2D eigenvalue weighted by Gasteiger charge is -2.07. The third-order valence-corrected chi connectivity index (χ3v) is 4.30. The van der Waals surface area contributed by atoms with Crippen molar-refractivity contribution < 1.29 is 9.53 Å². The van der Waals surface area contributed by atoms with Gasteiger partial charge < -0.3 is 10.1 Å². The fourth-order valence-corrected chi connectivity index (χ4v) is 2.77. The van der Waals surface area contributed by atoms with Gasteiger partial charge in [0.2, 0.25) is 11.7 Å². The van der Waals surface area contributed by atoms with Gasteiger partial charge in [-0.05, 0) is 34.9 Å². The number of ether oxygens (including phenoxy) is 1. The maximum atomic E-state index is 12.2. The van der Waals surface area contributed by atoms with Gasteiger partial charge in [-0.3, -0.25) is 4.79 Å². The number of rotatable bonds is 6. The zero-order chi connectivity index (χ0) is 19.4. The number of carbonyl (C=O) groups excluding carboxylic acids is 1. The van der Waals surface area contributed by atoms with Crippen LogP contribution in [0.25, 0.3) is 11.4 Å². The van der Waals surface area contributed by atoms with E-state index in [0.717, 1.165) is 5.56 Å². The summed E-state index contributed by atoms with van der Waals surface area (Å²) in [6.45, 7) is 4.22. The second kappa shape index (κ2) is 8.18. The number of hydrogen-bond donors (Lipinski definition) is 1. The van der Waals surface area contributed by atoms with Crippen molar-refractivity contribution >= 4 is 23.2 Å². The van der Waals surface area contributed by atoms with E-state index in [9.17, 15) is 4.79 Å². The fourth-order valence-electron chi connectivity index (χ4n) is 2.52. The molecule has 0 radical (unpaired) electrons. The van der Waals surface area contributed by atoms with Crippen LogP contribution in [-0.4, -0.2) is 33.2 Å². The van der Waals surface area contributed by atoms with Crippen molar-refractivity contribution in [3.63, 3.8) is 0 Å². The predicted molar refractivity (Wildman–Crippen MR) is 104 cm³/mol.